The Morgan fingerprint density at radius 3 is 2.29 bits per heavy atom. The predicted octanol–water partition coefficient (Wildman–Crippen LogP) is 9.21. The minimum absolute atomic E-state index is 0.0375. The smallest absolute Gasteiger partial charge is 0.337 e. The highest BCUT2D eigenvalue weighted by Gasteiger charge is 2.70. The molecule has 1 aromatic rings. The van der Waals surface area contributed by atoms with Crippen molar-refractivity contribution in [2.24, 2.45) is 56.2 Å². The van der Waals surface area contributed by atoms with Gasteiger partial charge in [-0.1, -0.05) is 65.0 Å². The summed E-state index contributed by atoms with van der Waals surface area (Å²) in [5.41, 5.74) is 5.06. The van der Waals surface area contributed by atoms with Gasteiger partial charge in [-0.05, 0) is 139 Å². The summed E-state index contributed by atoms with van der Waals surface area (Å²) in [4.78, 5) is 28.4. The second-order valence-electron chi connectivity index (χ2n) is 16.1. The third-order valence-corrected chi connectivity index (χ3v) is 14.5. The van der Waals surface area contributed by atoms with Gasteiger partial charge in [0.15, 0.2) is 0 Å². The van der Waals surface area contributed by atoms with Crippen LogP contribution in [0.4, 0.5) is 0 Å². The van der Waals surface area contributed by atoms with Crippen LogP contribution in [-0.4, -0.2) is 24.7 Å². The number of aliphatic imine (C=N–C) groups is 1. The number of ether oxygens (including phenoxy) is 1. The molecule has 0 bridgehead atoms. The zero-order valence-electron chi connectivity index (χ0n) is 27.0. The summed E-state index contributed by atoms with van der Waals surface area (Å²) in [6.45, 7) is 19.5. The first-order valence-electron chi connectivity index (χ1n) is 16.4. The Balaban J connectivity index is 1.36. The van der Waals surface area contributed by atoms with Crippen LogP contribution in [0.1, 0.15) is 115 Å². The lowest BCUT2D eigenvalue weighted by Gasteiger charge is -2.72. The number of hydrogen-bond donors (Lipinski definition) is 0. The summed E-state index contributed by atoms with van der Waals surface area (Å²) in [7, 11) is 1.43. The van der Waals surface area contributed by atoms with Crippen molar-refractivity contribution in [1.29, 1.82) is 0 Å². The van der Waals surface area contributed by atoms with Crippen molar-refractivity contribution >= 4 is 17.6 Å². The summed E-state index contributed by atoms with van der Waals surface area (Å²) < 4.78 is 4.93. The number of methoxy groups -OCH3 is 1. The highest BCUT2D eigenvalue weighted by molar-refractivity contribution is 5.89. The first kappa shape index (κ1) is 29.6. The molecule has 4 heteroatoms. The molecular weight excluding hydrogens is 518 g/mol. The van der Waals surface area contributed by atoms with Gasteiger partial charge in [-0.2, -0.15) is 4.99 Å². The van der Waals surface area contributed by atoms with Crippen LogP contribution in [0.2, 0.25) is 0 Å². The highest BCUT2D eigenvalue weighted by atomic mass is 16.5. The van der Waals surface area contributed by atoms with E-state index in [4.69, 9.17) is 4.74 Å². The Kier molecular flexibility index (Phi) is 6.90. The topological polar surface area (TPSA) is 55.7 Å². The number of allylic oxidation sites excluding steroid dienone is 3. The second kappa shape index (κ2) is 9.78. The van der Waals surface area contributed by atoms with E-state index < -0.39 is 0 Å². The molecule has 42 heavy (non-hydrogen) atoms. The van der Waals surface area contributed by atoms with Crippen molar-refractivity contribution in [2.75, 3.05) is 7.11 Å². The fraction of sp³-hybridized carbons (Fsp3) is 0.684. The molecule has 0 amide bonds. The number of fused-ring (bicyclic) bond motifs is 7. The van der Waals surface area contributed by atoms with Crippen LogP contribution in [0.5, 0.6) is 0 Å². The molecule has 4 fully saturated rings. The molecule has 4 saturated carbocycles. The molecule has 6 rings (SSSR count). The van der Waals surface area contributed by atoms with E-state index in [0.717, 1.165) is 32.1 Å². The van der Waals surface area contributed by atoms with Crippen molar-refractivity contribution in [3.8, 4) is 0 Å². The Bertz CT molecular complexity index is 1370. The van der Waals surface area contributed by atoms with E-state index in [1.165, 1.54) is 49.5 Å². The van der Waals surface area contributed by atoms with E-state index in [1.807, 2.05) is 18.2 Å². The van der Waals surface area contributed by atoms with Crippen LogP contribution in [0.25, 0.3) is 5.57 Å². The molecule has 5 aliphatic rings. The molecule has 1 aromatic carbocycles. The van der Waals surface area contributed by atoms with Gasteiger partial charge in [0.1, 0.15) is 0 Å². The Labute approximate surface area is 253 Å². The lowest BCUT2D eigenvalue weighted by atomic mass is 9.33. The summed E-state index contributed by atoms with van der Waals surface area (Å²) >= 11 is 0. The maximum Gasteiger partial charge on any atom is 0.337 e. The fourth-order valence-electron chi connectivity index (χ4n) is 12.4. The molecular formula is C38H51NO3. The van der Waals surface area contributed by atoms with Gasteiger partial charge >= 0.3 is 5.97 Å². The number of benzene rings is 1. The number of carbonyl (C=O) groups is 1. The standard InChI is InChI=1S/C38H51NO3/c1-24(2)27-15-20-38(39-23-40)22-21-36(6)29(32(27)38)13-14-31-35(5)18-16-28(25-9-11-26(12-10-25)33(41)42-8)34(3,4)30(35)17-19-37(31,36)7/h9-12,16,27,29-32H,1,13-15,17-22H2,2-8H3/t27-,29?,30-,31+,32+,35-,36+,37+,38-/m0/s1. The van der Waals surface area contributed by atoms with Crippen LogP contribution in [0.15, 0.2) is 47.5 Å². The zero-order chi connectivity index (χ0) is 30.3. The highest BCUT2D eigenvalue weighted by Crippen LogP contribution is 2.77. The van der Waals surface area contributed by atoms with Crippen molar-refractivity contribution in [3.63, 3.8) is 0 Å². The molecule has 4 nitrogen and oxygen atoms in total. The minimum atomic E-state index is -0.285. The van der Waals surface area contributed by atoms with Crippen LogP contribution >= 0.6 is 0 Å². The molecule has 226 valence electrons. The quantitative estimate of drug-likeness (QED) is 0.157. The third kappa shape index (κ3) is 3.82. The number of carbonyl (C=O) groups excluding carboxylic acids is 2. The first-order chi connectivity index (χ1) is 19.8. The summed E-state index contributed by atoms with van der Waals surface area (Å²) in [5.74, 6) is 2.43. The van der Waals surface area contributed by atoms with Crippen LogP contribution in [0.3, 0.4) is 0 Å². The Hall–Kier alpha value is -2.45. The summed E-state index contributed by atoms with van der Waals surface area (Å²) in [5, 5.41) is 0. The monoisotopic (exact) mass is 569 g/mol. The molecule has 0 spiro atoms. The van der Waals surface area contributed by atoms with Crippen molar-refractivity contribution < 1.29 is 14.3 Å². The van der Waals surface area contributed by atoms with Crippen LogP contribution in [0, 0.1) is 51.2 Å². The molecule has 0 saturated heterocycles. The SMILES string of the molecule is C=C(C)[C@@H]1CC[C@]2(N=C=O)CC[C@]3(C)C(CC[C@@H]4[C@@]5(C)CC=C(c6ccc(C(=O)OC)cc6)C(C)(C)[C@@H]5CC[C@]43C)[C@@H]12. The van der Waals surface area contributed by atoms with Gasteiger partial charge in [0.25, 0.3) is 0 Å². The lowest BCUT2D eigenvalue weighted by molar-refractivity contribution is -0.217. The summed E-state index contributed by atoms with van der Waals surface area (Å²) in [6, 6.07) is 8.03. The molecule has 0 heterocycles. The van der Waals surface area contributed by atoms with Gasteiger partial charge in [0.2, 0.25) is 6.08 Å². The average molecular weight is 570 g/mol. The van der Waals surface area contributed by atoms with Crippen LogP contribution < -0.4 is 0 Å². The Morgan fingerprint density at radius 2 is 1.64 bits per heavy atom. The van der Waals surface area contributed by atoms with E-state index in [-0.39, 0.29) is 33.2 Å². The second-order valence-corrected chi connectivity index (χ2v) is 16.1. The molecule has 5 aliphatic carbocycles. The largest absolute Gasteiger partial charge is 0.465 e. The maximum absolute atomic E-state index is 12.0. The molecule has 1 unspecified atom stereocenters. The minimum Gasteiger partial charge on any atom is -0.465 e. The average Bonchev–Trinajstić information content (AvgIpc) is 3.33. The van der Waals surface area contributed by atoms with Gasteiger partial charge in [0.05, 0.1) is 18.2 Å². The lowest BCUT2D eigenvalue weighted by Crippen LogP contribution is -2.66. The van der Waals surface area contributed by atoms with Gasteiger partial charge in [-0.15, -0.1) is 0 Å². The van der Waals surface area contributed by atoms with Crippen LogP contribution in [-0.2, 0) is 9.53 Å². The maximum atomic E-state index is 12.0. The number of esters is 1. The normalized spacial score (nSPS) is 43.4. The van der Waals surface area contributed by atoms with Crippen molar-refractivity contribution in [3.05, 3.63) is 53.6 Å². The number of isocyanates is 1. The van der Waals surface area contributed by atoms with E-state index >= 15 is 0 Å². The van der Waals surface area contributed by atoms with Gasteiger partial charge in [0, 0.05) is 0 Å². The molecule has 0 aromatic heterocycles. The Morgan fingerprint density at radius 1 is 0.929 bits per heavy atom. The van der Waals surface area contributed by atoms with Gasteiger partial charge in [-0.3, -0.25) is 0 Å². The fourth-order valence-corrected chi connectivity index (χ4v) is 12.4. The van der Waals surface area contributed by atoms with Crippen molar-refractivity contribution in [2.45, 2.75) is 105 Å². The van der Waals surface area contributed by atoms with E-state index in [0.29, 0.717) is 35.2 Å². The van der Waals surface area contributed by atoms with Crippen molar-refractivity contribution in [1.82, 2.24) is 0 Å². The molecule has 0 N–H and O–H groups in total. The van der Waals surface area contributed by atoms with E-state index in [2.05, 4.69) is 71.3 Å². The van der Waals surface area contributed by atoms with Gasteiger partial charge in [-0.25, -0.2) is 9.59 Å². The molecule has 0 aliphatic heterocycles. The zero-order valence-corrected chi connectivity index (χ0v) is 27.0. The third-order valence-electron chi connectivity index (χ3n) is 14.5. The summed E-state index contributed by atoms with van der Waals surface area (Å²) in [6.07, 6.45) is 15.0. The van der Waals surface area contributed by atoms with E-state index in [9.17, 15) is 9.59 Å². The predicted molar refractivity (Wildman–Crippen MR) is 169 cm³/mol. The number of hydrogen-bond acceptors (Lipinski definition) is 4. The first-order valence-corrected chi connectivity index (χ1v) is 16.4. The van der Waals surface area contributed by atoms with Gasteiger partial charge < -0.3 is 4.74 Å². The molecule has 9 atom stereocenters. The van der Waals surface area contributed by atoms with E-state index in [1.54, 1.807) is 0 Å². The number of rotatable bonds is 4. The number of nitrogens with zero attached hydrogens (tertiary/aromatic N) is 1. The molecule has 0 radical (unpaired) electrons.